The molecule has 1 aliphatic heterocycles. The van der Waals surface area contributed by atoms with Gasteiger partial charge >= 0.3 is 0 Å². The summed E-state index contributed by atoms with van der Waals surface area (Å²) in [6, 6.07) is 3.68. The minimum atomic E-state index is -0.805. The highest BCUT2D eigenvalue weighted by atomic mass is 16.6. The Labute approximate surface area is 133 Å². The topological polar surface area (TPSA) is 138 Å². The van der Waals surface area contributed by atoms with E-state index in [0.29, 0.717) is 18.8 Å². The third kappa shape index (κ3) is 4.14. The summed E-state index contributed by atoms with van der Waals surface area (Å²) in [5.74, 6) is 0.125. The Morgan fingerprint density at radius 3 is 3.00 bits per heavy atom. The number of nitrogens with zero attached hydrogens (tertiary/aromatic N) is 4. The van der Waals surface area contributed by atoms with E-state index >= 15 is 0 Å². The van der Waals surface area contributed by atoms with Gasteiger partial charge in [-0.25, -0.2) is 4.98 Å². The number of carbonyl (C=O) groups excluding carboxylic acids is 1. The van der Waals surface area contributed by atoms with Gasteiger partial charge in [0, 0.05) is 19.2 Å². The van der Waals surface area contributed by atoms with Gasteiger partial charge in [-0.15, -0.1) is 0 Å². The summed E-state index contributed by atoms with van der Waals surface area (Å²) in [7, 11) is 0. The van der Waals surface area contributed by atoms with Crippen molar-refractivity contribution in [2.45, 2.75) is 31.3 Å². The van der Waals surface area contributed by atoms with Crippen LogP contribution in [-0.2, 0) is 4.79 Å². The molecule has 0 bridgehead atoms. The van der Waals surface area contributed by atoms with Gasteiger partial charge in [0.25, 0.3) is 5.69 Å². The lowest BCUT2D eigenvalue weighted by molar-refractivity contribution is -0.385. The average molecular weight is 318 g/mol. The molecule has 2 atom stereocenters. The molecular formula is C14H18N6O3. The fourth-order valence-corrected chi connectivity index (χ4v) is 2.44. The zero-order valence-corrected chi connectivity index (χ0v) is 12.5. The van der Waals surface area contributed by atoms with Gasteiger partial charge < -0.3 is 16.0 Å². The lowest BCUT2D eigenvalue weighted by atomic mass is 10.0. The Morgan fingerprint density at radius 2 is 2.39 bits per heavy atom. The summed E-state index contributed by atoms with van der Waals surface area (Å²) < 4.78 is 0. The van der Waals surface area contributed by atoms with Crippen molar-refractivity contribution in [3.63, 3.8) is 0 Å². The summed E-state index contributed by atoms with van der Waals surface area (Å²) in [6.07, 6.45) is 3.61. The van der Waals surface area contributed by atoms with Crippen molar-refractivity contribution in [2.24, 2.45) is 5.73 Å². The number of pyridine rings is 1. The van der Waals surface area contributed by atoms with Crippen molar-refractivity contribution in [3.05, 3.63) is 28.4 Å². The summed E-state index contributed by atoms with van der Waals surface area (Å²) in [6.45, 7) is 0.679. The molecule has 9 nitrogen and oxygen atoms in total. The Balaban J connectivity index is 1.90. The number of nitriles is 1. The monoisotopic (exact) mass is 318 g/mol. The van der Waals surface area contributed by atoms with Crippen LogP contribution >= 0.6 is 0 Å². The quantitative estimate of drug-likeness (QED) is 0.599. The molecule has 1 aromatic heterocycles. The average Bonchev–Trinajstić information content (AvgIpc) is 2.59. The van der Waals surface area contributed by atoms with Crippen LogP contribution in [-0.4, -0.2) is 45.9 Å². The van der Waals surface area contributed by atoms with E-state index in [4.69, 9.17) is 11.0 Å². The maximum atomic E-state index is 12.3. The number of hydrogen-bond donors (Lipinski definition) is 2. The van der Waals surface area contributed by atoms with Gasteiger partial charge in [-0.05, 0) is 25.3 Å². The fraction of sp³-hybridized carbons (Fsp3) is 0.500. The zero-order chi connectivity index (χ0) is 16.8. The lowest BCUT2D eigenvalue weighted by Gasteiger charge is -2.33. The minimum absolute atomic E-state index is 0.110. The molecule has 0 aromatic carbocycles. The summed E-state index contributed by atoms with van der Waals surface area (Å²) >= 11 is 0. The third-order valence-electron chi connectivity index (χ3n) is 3.71. The Bertz CT molecular complexity index is 612. The smallest absolute Gasteiger partial charge is 0.287 e. The molecule has 1 aliphatic rings. The number of likely N-dealkylation sites (tertiary alicyclic amines) is 1. The lowest BCUT2D eigenvalue weighted by Crippen LogP contribution is -2.52. The molecule has 23 heavy (non-hydrogen) atoms. The minimum Gasteiger partial charge on any atom is -0.368 e. The number of nitrogens with two attached hydrogens (primary N) is 1. The second-order valence-corrected chi connectivity index (χ2v) is 5.32. The zero-order valence-electron chi connectivity index (χ0n) is 12.5. The standard InChI is InChI=1S/C14H18N6O3/c15-7-10-3-1-2-6-19(10)14(21)12(16)9-18-13-5-4-11(8-17-13)20(22)23/h4-5,8,10,12H,1-3,6,9,16H2,(H,17,18). The first kappa shape index (κ1) is 16.6. The number of nitrogens with one attached hydrogen (secondary N) is 1. The van der Waals surface area contributed by atoms with Gasteiger partial charge in [-0.2, -0.15) is 5.26 Å². The molecule has 0 radical (unpaired) electrons. The number of carbonyl (C=O) groups is 1. The molecule has 2 unspecified atom stereocenters. The van der Waals surface area contributed by atoms with E-state index in [2.05, 4.69) is 16.4 Å². The van der Waals surface area contributed by atoms with Gasteiger partial charge in [-0.1, -0.05) is 0 Å². The fourth-order valence-electron chi connectivity index (χ4n) is 2.44. The molecule has 3 N–H and O–H groups in total. The number of nitro groups is 1. The summed E-state index contributed by atoms with van der Waals surface area (Å²) in [5, 5.41) is 22.5. The molecular weight excluding hydrogens is 300 g/mol. The van der Waals surface area contributed by atoms with E-state index in [1.807, 2.05) is 0 Å². The van der Waals surface area contributed by atoms with Crippen molar-refractivity contribution in [1.29, 1.82) is 5.26 Å². The van der Waals surface area contributed by atoms with Crippen LogP contribution in [0.5, 0.6) is 0 Å². The maximum absolute atomic E-state index is 12.3. The Morgan fingerprint density at radius 1 is 1.61 bits per heavy atom. The van der Waals surface area contributed by atoms with Crippen molar-refractivity contribution < 1.29 is 9.72 Å². The van der Waals surface area contributed by atoms with Crippen LogP contribution in [0.15, 0.2) is 18.3 Å². The van der Waals surface area contributed by atoms with Gasteiger partial charge in [0.2, 0.25) is 5.91 Å². The summed E-state index contributed by atoms with van der Waals surface area (Å²) in [5.41, 5.74) is 5.78. The van der Waals surface area contributed by atoms with Gasteiger partial charge in [0.15, 0.2) is 0 Å². The molecule has 1 fully saturated rings. The molecule has 0 aliphatic carbocycles. The van der Waals surface area contributed by atoms with Crippen molar-refractivity contribution in [2.75, 3.05) is 18.4 Å². The second kappa shape index (κ2) is 7.51. The van der Waals surface area contributed by atoms with Crippen LogP contribution in [0.4, 0.5) is 11.5 Å². The van der Waals surface area contributed by atoms with Crippen molar-refractivity contribution in [1.82, 2.24) is 9.88 Å². The number of amides is 1. The molecule has 9 heteroatoms. The molecule has 0 spiro atoms. The SMILES string of the molecule is N#CC1CCCCN1C(=O)C(N)CNc1ccc([N+](=O)[O-])cn1. The highest BCUT2D eigenvalue weighted by Crippen LogP contribution is 2.17. The Kier molecular flexibility index (Phi) is 5.43. The number of aromatic nitrogens is 1. The van der Waals surface area contributed by atoms with Crippen LogP contribution in [0.2, 0.25) is 0 Å². The third-order valence-corrected chi connectivity index (χ3v) is 3.71. The van der Waals surface area contributed by atoms with Crippen molar-refractivity contribution in [3.8, 4) is 6.07 Å². The number of anilines is 1. The highest BCUT2D eigenvalue weighted by molar-refractivity contribution is 5.83. The molecule has 1 saturated heterocycles. The molecule has 2 rings (SSSR count). The van der Waals surface area contributed by atoms with Crippen LogP contribution < -0.4 is 11.1 Å². The first-order valence-electron chi connectivity index (χ1n) is 7.33. The highest BCUT2D eigenvalue weighted by Gasteiger charge is 2.29. The number of piperidine rings is 1. The van der Waals surface area contributed by atoms with Gasteiger partial charge in [0.05, 0.1) is 11.0 Å². The van der Waals surface area contributed by atoms with Crippen LogP contribution in [0, 0.1) is 21.4 Å². The predicted octanol–water partition coefficient (Wildman–Crippen LogP) is 0.634. The van der Waals surface area contributed by atoms with Crippen LogP contribution in [0.1, 0.15) is 19.3 Å². The van der Waals surface area contributed by atoms with E-state index in [0.717, 1.165) is 19.0 Å². The molecule has 122 valence electrons. The first-order chi connectivity index (χ1) is 11.0. The predicted molar refractivity (Wildman–Crippen MR) is 82.3 cm³/mol. The largest absolute Gasteiger partial charge is 0.368 e. The van der Waals surface area contributed by atoms with Crippen molar-refractivity contribution >= 4 is 17.4 Å². The van der Waals surface area contributed by atoms with Gasteiger partial charge in [-0.3, -0.25) is 14.9 Å². The number of hydrogen-bond acceptors (Lipinski definition) is 7. The van der Waals surface area contributed by atoms with E-state index in [9.17, 15) is 14.9 Å². The molecule has 0 saturated carbocycles. The summed E-state index contributed by atoms with van der Waals surface area (Å²) in [4.78, 5) is 27.8. The van der Waals surface area contributed by atoms with Crippen LogP contribution in [0.3, 0.4) is 0 Å². The van der Waals surface area contributed by atoms with Crippen LogP contribution in [0.25, 0.3) is 0 Å². The van der Waals surface area contributed by atoms with E-state index in [-0.39, 0.29) is 18.1 Å². The normalized spacial score (nSPS) is 18.8. The molecule has 1 aromatic rings. The number of rotatable bonds is 5. The molecule has 2 heterocycles. The molecule has 1 amide bonds. The maximum Gasteiger partial charge on any atom is 0.287 e. The van der Waals surface area contributed by atoms with Gasteiger partial charge in [0.1, 0.15) is 24.1 Å². The van der Waals surface area contributed by atoms with E-state index < -0.39 is 17.0 Å². The van der Waals surface area contributed by atoms with E-state index in [1.165, 1.54) is 17.0 Å². The van der Waals surface area contributed by atoms with E-state index in [1.54, 1.807) is 0 Å². The second-order valence-electron chi connectivity index (χ2n) is 5.32. The first-order valence-corrected chi connectivity index (χ1v) is 7.33. The Hall–Kier alpha value is -2.73.